The second-order valence-corrected chi connectivity index (χ2v) is 9.78. The van der Waals surface area contributed by atoms with Crippen molar-refractivity contribution >= 4 is 46.6 Å². The van der Waals surface area contributed by atoms with Crippen molar-refractivity contribution in [3.63, 3.8) is 0 Å². The molecule has 0 fully saturated rings. The summed E-state index contributed by atoms with van der Waals surface area (Å²) in [6.45, 7) is 3.47. The van der Waals surface area contributed by atoms with Gasteiger partial charge in [0, 0.05) is 0 Å². The molecule has 0 radical (unpaired) electrons. The number of imide groups is 1. The van der Waals surface area contributed by atoms with Gasteiger partial charge in [-0.3, -0.25) is 14.7 Å². The summed E-state index contributed by atoms with van der Waals surface area (Å²) in [6, 6.07) is 16.5. The highest BCUT2D eigenvalue weighted by Gasteiger charge is 2.36. The molecule has 3 rings (SSSR count). The average Bonchev–Trinajstić information content (AvgIpc) is 3.27. The number of nitrogens with two attached hydrogens (primary N) is 1. The van der Waals surface area contributed by atoms with Gasteiger partial charge in [-0.25, -0.2) is 4.79 Å². The molecule has 0 saturated carbocycles. The zero-order valence-corrected chi connectivity index (χ0v) is 21.0. The molecule has 4 N–H and O–H groups in total. The Morgan fingerprint density at radius 2 is 1.69 bits per heavy atom. The van der Waals surface area contributed by atoms with Crippen molar-refractivity contribution in [2.45, 2.75) is 39.0 Å². The second-order valence-electron chi connectivity index (χ2n) is 8.14. The third-order valence-electron chi connectivity index (χ3n) is 5.09. The normalized spacial score (nSPS) is 12.6. The van der Waals surface area contributed by atoms with Crippen LogP contribution in [0.3, 0.4) is 0 Å². The fraction of sp³-hybridized carbons (Fsp3) is 0.292. The summed E-state index contributed by atoms with van der Waals surface area (Å²) in [5, 5.41) is 9.26. The van der Waals surface area contributed by atoms with E-state index >= 15 is 0 Å². The van der Waals surface area contributed by atoms with Gasteiger partial charge in [-0.15, -0.1) is 5.10 Å². The number of carbonyl (C=O) groups is 3. The Hall–Kier alpha value is -3.41. The van der Waals surface area contributed by atoms with E-state index in [1.807, 2.05) is 48.5 Å². The summed E-state index contributed by atoms with van der Waals surface area (Å²) in [7, 11) is 0. The highest BCUT2D eigenvalue weighted by atomic mass is 32.1. The number of rotatable bonds is 9. The smallest absolute Gasteiger partial charge is 0.423 e. The lowest BCUT2D eigenvalue weighted by Gasteiger charge is -2.27. The van der Waals surface area contributed by atoms with Gasteiger partial charge in [0.2, 0.25) is 11.0 Å². The van der Waals surface area contributed by atoms with Gasteiger partial charge in [-0.05, 0) is 35.7 Å². The van der Waals surface area contributed by atoms with Crippen LogP contribution in [0.5, 0.6) is 0 Å². The number of hydrogen-bond donors (Lipinski definition) is 3. The molecule has 1 heterocycles. The van der Waals surface area contributed by atoms with Crippen LogP contribution in [0.1, 0.15) is 25.0 Å². The Morgan fingerprint density at radius 1 is 1.09 bits per heavy atom. The Kier molecular flexibility index (Phi) is 9.24. The number of carbonyl (C=O) groups excluding carboxylic acids is 3. The minimum atomic E-state index is -1.05. The highest BCUT2D eigenvalue weighted by Crippen LogP contribution is 2.22. The molecule has 11 heteroatoms. The lowest BCUT2D eigenvalue weighted by molar-refractivity contribution is -0.129. The molecule has 0 aliphatic carbocycles. The van der Waals surface area contributed by atoms with Crippen molar-refractivity contribution in [1.82, 2.24) is 15.5 Å². The van der Waals surface area contributed by atoms with Crippen LogP contribution in [0, 0.1) is 9.87 Å². The lowest BCUT2D eigenvalue weighted by Crippen LogP contribution is -2.56. The third-order valence-corrected chi connectivity index (χ3v) is 6.17. The molecule has 0 unspecified atom stereocenters. The van der Waals surface area contributed by atoms with Crippen molar-refractivity contribution < 1.29 is 19.1 Å². The number of ether oxygens (including phenoxy) is 1. The number of aromatic nitrogens is 2. The van der Waals surface area contributed by atoms with E-state index < -0.39 is 30.0 Å². The first kappa shape index (κ1) is 26.2. The van der Waals surface area contributed by atoms with Crippen LogP contribution in [0.4, 0.5) is 9.93 Å². The summed E-state index contributed by atoms with van der Waals surface area (Å²) in [6.07, 6.45) is -0.625. The van der Waals surface area contributed by atoms with Gasteiger partial charge in [0.05, 0.1) is 6.04 Å². The van der Waals surface area contributed by atoms with Crippen molar-refractivity contribution in [3.8, 4) is 0 Å². The fourth-order valence-electron chi connectivity index (χ4n) is 3.24. The van der Waals surface area contributed by atoms with Crippen LogP contribution in [-0.4, -0.2) is 40.2 Å². The maximum Gasteiger partial charge on any atom is 0.423 e. The summed E-state index contributed by atoms with van der Waals surface area (Å²) in [4.78, 5) is 40.2. The van der Waals surface area contributed by atoms with Gasteiger partial charge in [0.1, 0.15) is 12.6 Å². The molecule has 0 spiro atoms. The molecule has 9 nitrogen and oxygen atoms in total. The van der Waals surface area contributed by atoms with Crippen molar-refractivity contribution in [1.29, 1.82) is 0 Å². The first-order valence-electron chi connectivity index (χ1n) is 11.0. The predicted octanol–water partition coefficient (Wildman–Crippen LogP) is 3.58. The molecule has 2 aromatic carbocycles. The first-order valence-corrected chi connectivity index (χ1v) is 12.2. The van der Waals surface area contributed by atoms with E-state index in [-0.39, 0.29) is 21.6 Å². The van der Waals surface area contributed by atoms with E-state index in [0.29, 0.717) is 6.42 Å². The second kappa shape index (κ2) is 12.3. The molecular weight excluding hydrogens is 486 g/mol. The quantitative estimate of drug-likeness (QED) is 0.373. The fourth-order valence-corrected chi connectivity index (χ4v) is 4.11. The molecular formula is C24H27N5O4S2. The van der Waals surface area contributed by atoms with E-state index in [2.05, 4.69) is 15.5 Å². The van der Waals surface area contributed by atoms with E-state index in [4.69, 9.17) is 22.7 Å². The number of H-pyrrole nitrogens is 1. The zero-order valence-electron chi connectivity index (χ0n) is 19.3. The molecule has 35 heavy (non-hydrogen) atoms. The molecule has 184 valence electrons. The van der Waals surface area contributed by atoms with Gasteiger partial charge in [0.15, 0.2) is 3.95 Å². The van der Waals surface area contributed by atoms with Gasteiger partial charge in [-0.2, -0.15) is 4.90 Å². The van der Waals surface area contributed by atoms with Gasteiger partial charge < -0.3 is 15.8 Å². The topological polar surface area (TPSA) is 130 Å². The first-order chi connectivity index (χ1) is 16.8. The summed E-state index contributed by atoms with van der Waals surface area (Å²) in [5.74, 6) is -1.56. The number of amides is 3. The minimum Gasteiger partial charge on any atom is -0.444 e. The van der Waals surface area contributed by atoms with Crippen LogP contribution < -0.4 is 16.0 Å². The molecule has 0 bridgehead atoms. The van der Waals surface area contributed by atoms with E-state index in [1.165, 1.54) is 0 Å². The number of nitrogens with one attached hydrogen (secondary N) is 2. The average molecular weight is 514 g/mol. The molecule has 0 saturated heterocycles. The van der Waals surface area contributed by atoms with Crippen LogP contribution >= 0.6 is 23.6 Å². The molecule has 1 aromatic heterocycles. The standard InChI is InChI=1S/C24H27N5O4S2/c1-15(2)19(26-20(30)18(25)13-16-9-5-3-6-10-16)21(31)29(22-27-28-23(34)35-22)24(32)33-14-17-11-7-4-8-12-17/h3-12,15,18-19H,13-14,25H2,1-2H3,(H,26,30)(H,28,34)/t18-,19-/m0/s1. The van der Waals surface area contributed by atoms with Crippen LogP contribution in [0.15, 0.2) is 60.7 Å². The summed E-state index contributed by atoms with van der Waals surface area (Å²) >= 11 is 6.02. The summed E-state index contributed by atoms with van der Waals surface area (Å²) < 4.78 is 5.67. The highest BCUT2D eigenvalue weighted by molar-refractivity contribution is 7.73. The van der Waals surface area contributed by atoms with Gasteiger partial charge in [-0.1, -0.05) is 85.8 Å². The van der Waals surface area contributed by atoms with Crippen molar-refractivity contribution in [3.05, 3.63) is 75.7 Å². The van der Waals surface area contributed by atoms with E-state index in [1.54, 1.807) is 26.0 Å². The largest absolute Gasteiger partial charge is 0.444 e. The monoisotopic (exact) mass is 513 g/mol. The predicted molar refractivity (Wildman–Crippen MR) is 136 cm³/mol. The van der Waals surface area contributed by atoms with Crippen molar-refractivity contribution in [2.24, 2.45) is 11.7 Å². The summed E-state index contributed by atoms with van der Waals surface area (Å²) in [5.41, 5.74) is 7.75. The van der Waals surface area contributed by atoms with Crippen LogP contribution in [-0.2, 0) is 27.4 Å². The molecule has 0 aliphatic heterocycles. The molecule has 3 aromatic rings. The number of aromatic amines is 1. The number of nitrogens with zero attached hydrogens (tertiary/aromatic N) is 2. The lowest BCUT2D eigenvalue weighted by atomic mass is 10.0. The number of benzene rings is 2. The maximum atomic E-state index is 13.6. The third kappa shape index (κ3) is 7.28. The van der Waals surface area contributed by atoms with E-state index in [0.717, 1.165) is 27.4 Å². The minimum absolute atomic E-state index is 0.0199. The molecule has 0 aliphatic rings. The number of hydrogen-bond acceptors (Lipinski definition) is 8. The maximum absolute atomic E-state index is 13.6. The van der Waals surface area contributed by atoms with Gasteiger partial charge >= 0.3 is 6.09 Å². The Morgan fingerprint density at radius 3 is 2.23 bits per heavy atom. The van der Waals surface area contributed by atoms with Crippen molar-refractivity contribution in [2.75, 3.05) is 4.90 Å². The van der Waals surface area contributed by atoms with E-state index in [9.17, 15) is 14.4 Å². The Bertz CT molecular complexity index is 1200. The zero-order chi connectivity index (χ0) is 25.4. The molecule has 3 amide bonds. The number of anilines is 1. The Balaban J connectivity index is 1.78. The Labute approximate surface area is 212 Å². The van der Waals surface area contributed by atoms with Gasteiger partial charge in [0.25, 0.3) is 5.91 Å². The van der Waals surface area contributed by atoms with Crippen LogP contribution in [0.2, 0.25) is 0 Å². The van der Waals surface area contributed by atoms with Crippen LogP contribution in [0.25, 0.3) is 0 Å². The SMILES string of the molecule is CC(C)[C@H](NC(=O)[C@@H](N)Cc1ccccc1)C(=O)N(C(=O)OCc1ccccc1)c1n[nH]c(=S)s1. The molecule has 2 atom stereocenters.